The van der Waals surface area contributed by atoms with Gasteiger partial charge >= 0.3 is 0 Å². The van der Waals surface area contributed by atoms with E-state index in [2.05, 4.69) is 54.3 Å². The number of ether oxygens (including phenoxy) is 1. The van der Waals surface area contributed by atoms with E-state index in [0.717, 1.165) is 38.5 Å². The van der Waals surface area contributed by atoms with Gasteiger partial charge in [-0.15, -0.1) is 0 Å². The monoisotopic (exact) mass is 314 g/mol. The molecular formula is C18H26N4O. The summed E-state index contributed by atoms with van der Waals surface area (Å²) in [6.45, 7) is 10.7. The molecule has 1 aliphatic rings. The highest BCUT2D eigenvalue weighted by Gasteiger charge is 2.13. The fourth-order valence-electron chi connectivity index (χ4n) is 3.08. The Morgan fingerprint density at radius 2 is 1.91 bits per heavy atom. The zero-order valence-corrected chi connectivity index (χ0v) is 14.5. The van der Waals surface area contributed by atoms with Gasteiger partial charge in [0.15, 0.2) is 0 Å². The zero-order valence-electron chi connectivity index (χ0n) is 14.5. The lowest BCUT2D eigenvalue weighted by molar-refractivity contribution is 0.122. The zero-order chi connectivity index (χ0) is 16.4. The lowest BCUT2D eigenvalue weighted by Gasteiger charge is -2.29. The number of benzene rings is 1. The average molecular weight is 314 g/mol. The van der Waals surface area contributed by atoms with Crippen LogP contribution in [0.1, 0.15) is 22.5 Å². The molecule has 5 heteroatoms. The lowest BCUT2D eigenvalue weighted by atomic mass is 10.1. The SMILES string of the molecule is Cc1ccc(N2CCOCC2)cc1NCc1c(C)nn(C)c1C. The van der Waals surface area contributed by atoms with Gasteiger partial charge in [-0.05, 0) is 38.5 Å². The molecule has 0 unspecified atom stereocenters. The molecule has 1 aromatic heterocycles. The topological polar surface area (TPSA) is 42.3 Å². The normalized spacial score (nSPS) is 15.0. The summed E-state index contributed by atoms with van der Waals surface area (Å²) in [6.07, 6.45) is 0. The van der Waals surface area contributed by atoms with Crippen molar-refractivity contribution in [3.8, 4) is 0 Å². The summed E-state index contributed by atoms with van der Waals surface area (Å²) in [4.78, 5) is 2.38. The van der Waals surface area contributed by atoms with Crippen LogP contribution in [0.3, 0.4) is 0 Å². The molecule has 0 atom stereocenters. The van der Waals surface area contributed by atoms with Crippen molar-refractivity contribution in [2.75, 3.05) is 36.5 Å². The summed E-state index contributed by atoms with van der Waals surface area (Å²) in [5.74, 6) is 0. The summed E-state index contributed by atoms with van der Waals surface area (Å²) < 4.78 is 7.39. The number of nitrogens with zero attached hydrogens (tertiary/aromatic N) is 3. The molecule has 5 nitrogen and oxygen atoms in total. The van der Waals surface area contributed by atoms with E-state index in [1.165, 1.54) is 28.2 Å². The van der Waals surface area contributed by atoms with Crippen LogP contribution in [-0.4, -0.2) is 36.1 Å². The van der Waals surface area contributed by atoms with Gasteiger partial charge in [0, 0.05) is 49.3 Å². The van der Waals surface area contributed by atoms with Crippen LogP contribution < -0.4 is 10.2 Å². The number of morpholine rings is 1. The number of aryl methyl sites for hydroxylation is 3. The van der Waals surface area contributed by atoms with Crippen molar-refractivity contribution >= 4 is 11.4 Å². The van der Waals surface area contributed by atoms with Crippen LogP contribution >= 0.6 is 0 Å². The molecule has 1 aliphatic heterocycles. The van der Waals surface area contributed by atoms with Gasteiger partial charge in [-0.3, -0.25) is 4.68 Å². The van der Waals surface area contributed by atoms with Gasteiger partial charge in [-0.25, -0.2) is 0 Å². The Balaban J connectivity index is 1.76. The minimum Gasteiger partial charge on any atom is -0.381 e. The smallest absolute Gasteiger partial charge is 0.0646 e. The van der Waals surface area contributed by atoms with E-state index in [9.17, 15) is 0 Å². The van der Waals surface area contributed by atoms with Crippen LogP contribution in [0.15, 0.2) is 18.2 Å². The number of rotatable bonds is 4. The highest BCUT2D eigenvalue weighted by Crippen LogP contribution is 2.25. The standard InChI is InChI=1S/C18H26N4O/c1-13-5-6-16(22-7-9-23-10-8-22)11-18(13)19-12-17-14(2)20-21(4)15(17)3/h5-6,11,19H,7-10,12H2,1-4H3. The maximum Gasteiger partial charge on any atom is 0.0646 e. The van der Waals surface area contributed by atoms with E-state index in [1.54, 1.807) is 0 Å². The largest absolute Gasteiger partial charge is 0.381 e. The van der Waals surface area contributed by atoms with E-state index < -0.39 is 0 Å². The van der Waals surface area contributed by atoms with Gasteiger partial charge in [-0.2, -0.15) is 5.10 Å². The van der Waals surface area contributed by atoms with Crippen molar-refractivity contribution < 1.29 is 4.74 Å². The highest BCUT2D eigenvalue weighted by atomic mass is 16.5. The molecule has 0 bridgehead atoms. The molecule has 0 radical (unpaired) electrons. The van der Waals surface area contributed by atoms with Crippen molar-refractivity contribution in [1.29, 1.82) is 0 Å². The average Bonchev–Trinajstić information content (AvgIpc) is 2.80. The summed E-state index contributed by atoms with van der Waals surface area (Å²) in [7, 11) is 2.00. The third kappa shape index (κ3) is 3.34. The maximum atomic E-state index is 5.44. The molecule has 1 N–H and O–H groups in total. The lowest BCUT2D eigenvalue weighted by Crippen LogP contribution is -2.36. The first-order valence-electron chi connectivity index (χ1n) is 8.22. The maximum absolute atomic E-state index is 5.44. The second kappa shape index (κ2) is 6.62. The minimum absolute atomic E-state index is 0.804. The fraction of sp³-hybridized carbons (Fsp3) is 0.500. The molecule has 23 heavy (non-hydrogen) atoms. The molecule has 2 aromatic rings. The Bertz CT molecular complexity index is 687. The molecule has 1 saturated heterocycles. The second-order valence-corrected chi connectivity index (χ2v) is 6.23. The van der Waals surface area contributed by atoms with E-state index >= 15 is 0 Å². The van der Waals surface area contributed by atoms with Crippen molar-refractivity contribution in [2.24, 2.45) is 7.05 Å². The summed E-state index contributed by atoms with van der Waals surface area (Å²) >= 11 is 0. The summed E-state index contributed by atoms with van der Waals surface area (Å²) in [5, 5.41) is 8.08. The number of nitrogens with one attached hydrogen (secondary N) is 1. The Morgan fingerprint density at radius 1 is 1.17 bits per heavy atom. The molecule has 0 amide bonds. The van der Waals surface area contributed by atoms with Crippen molar-refractivity contribution in [2.45, 2.75) is 27.3 Å². The first-order valence-corrected chi connectivity index (χ1v) is 8.22. The van der Waals surface area contributed by atoms with Crippen molar-refractivity contribution in [1.82, 2.24) is 9.78 Å². The highest BCUT2D eigenvalue weighted by molar-refractivity contribution is 5.62. The molecule has 2 heterocycles. The predicted molar refractivity (Wildman–Crippen MR) is 94.2 cm³/mol. The predicted octanol–water partition coefficient (Wildman–Crippen LogP) is 2.79. The van der Waals surface area contributed by atoms with Crippen molar-refractivity contribution in [3.63, 3.8) is 0 Å². The van der Waals surface area contributed by atoms with Crippen LogP contribution in [0.25, 0.3) is 0 Å². The van der Waals surface area contributed by atoms with Crippen molar-refractivity contribution in [3.05, 3.63) is 40.7 Å². The summed E-state index contributed by atoms with van der Waals surface area (Å²) in [6, 6.07) is 6.64. The van der Waals surface area contributed by atoms with Crippen LogP contribution in [0.2, 0.25) is 0 Å². The molecular weight excluding hydrogens is 288 g/mol. The van der Waals surface area contributed by atoms with E-state index in [1.807, 2.05) is 11.7 Å². The van der Waals surface area contributed by atoms with Crippen LogP contribution in [0, 0.1) is 20.8 Å². The van der Waals surface area contributed by atoms with Gasteiger partial charge in [0.05, 0.1) is 18.9 Å². The summed E-state index contributed by atoms with van der Waals surface area (Å²) in [5.41, 5.74) is 7.32. The quantitative estimate of drug-likeness (QED) is 0.942. The molecule has 0 saturated carbocycles. The van der Waals surface area contributed by atoms with E-state index in [0.29, 0.717) is 0 Å². The molecule has 1 fully saturated rings. The molecule has 1 aromatic carbocycles. The fourth-order valence-corrected chi connectivity index (χ4v) is 3.08. The Hall–Kier alpha value is -2.01. The Morgan fingerprint density at radius 3 is 2.57 bits per heavy atom. The van der Waals surface area contributed by atoms with Gasteiger partial charge in [0.1, 0.15) is 0 Å². The van der Waals surface area contributed by atoms with Crippen LogP contribution in [0.4, 0.5) is 11.4 Å². The molecule has 0 aliphatic carbocycles. The minimum atomic E-state index is 0.804. The van der Waals surface area contributed by atoms with Gasteiger partial charge in [0.25, 0.3) is 0 Å². The molecule has 0 spiro atoms. The molecule has 124 valence electrons. The van der Waals surface area contributed by atoms with Gasteiger partial charge in [0.2, 0.25) is 0 Å². The number of hydrogen-bond donors (Lipinski definition) is 1. The number of hydrogen-bond acceptors (Lipinski definition) is 4. The molecule has 3 rings (SSSR count). The van der Waals surface area contributed by atoms with E-state index in [4.69, 9.17) is 4.74 Å². The third-order valence-electron chi connectivity index (χ3n) is 4.71. The first kappa shape index (κ1) is 15.9. The van der Waals surface area contributed by atoms with E-state index in [-0.39, 0.29) is 0 Å². The number of anilines is 2. The third-order valence-corrected chi connectivity index (χ3v) is 4.71. The van der Waals surface area contributed by atoms with Crippen LogP contribution in [0.5, 0.6) is 0 Å². The first-order chi connectivity index (χ1) is 11.1. The second-order valence-electron chi connectivity index (χ2n) is 6.23. The number of aromatic nitrogens is 2. The Labute approximate surface area is 138 Å². The Kier molecular flexibility index (Phi) is 4.57. The van der Waals surface area contributed by atoms with Crippen LogP contribution in [-0.2, 0) is 18.3 Å². The van der Waals surface area contributed by atoms with Gasteiger partial charge in [-0.1, -0.05) is 6.07 Å². The van der Waals surface area contributed by atoms with Gasteiger partial charge < -0.3 is 15.0 Å².